The van der Waals surface area contributed by atoms with Gasteiger partial charge in [0.2, 0.25) is 47.3 Å². The lowest BCUT2D eigenvalue weighted by atomic mass is 9.78. The van der Waals surface area contributed by atoms with Gasteiger partial charge in [0.25, 0.3) is 23.6 Å². The van der Waals surface area contributed by atoms with Gasteiger partial charge in [-0.15, -0.1) is 10.1 Å². The Kier molecular flexibility index (Phi) is 43.9. The van der Waals surface area contributed by atoms with Crippen molar-refractivity contribution in [1.29, 1.82) is 0 Å². The summed E-state index contributed by atoms with van der Waals surface area (Å²) in [6.45, 7) is 7.94. The molecule has 12 amide bonds. The fraction of sp³-hybridized carbons (Fsp3) is 0.788. The Bertz CT molecular complexity index is 2310. The summed E-state index contributed by atoms with van der Waals surface area (Å²) in [6.07, 6.45) is 11.0. The Balaban J connectivity index is 0.000000517. The molecule has 4 rings (SSSR count). The highest BCUT2D eigenvalue weighted by Gasteiger charge is 2.36. The zero-order chi connectivity index (χ0) is 71.8. The molecule has 4 fully saturated rings. The lowest BCUT2D eigenvalue weighted by molar-refractivity contribution is -0.197. The van der Waals surface area contributed by atoms with Gasteiger partial charge < -0.3 is 68.8 Å². The molecule has 0 radical (unpaired) electrons. The van der Waals surface area contributed by atoms with Crippen LogP contribution in [0.25, 0.3) is 0 Å². The lowest BCUT2D eigenvalue weighted by Crippen LogP contribution is -2.35. The predicted molar refractivity (Wildman–Crippen MR) is 346 cm³/mol. The number of carbonyl (C=O) groups is 14. The quantitative estimate of drug-likeness (QED) is 0.0501. The molecule has 4 aliphatic rings. The monoisotopic (exact) mass is 1400 g/mol. The molecule has 0 aromatic heterocycles. The summed E-state index contributed by atoms with van der Waals surface area (Å²) in [7, 11) is 6.66. The zero-order valence-corrected chi connectivity index (χ0v) is 58.1. The Labute approximate surface area is 574 Å². The Morgan fingerprint density at radius 3 is 0.939 bits per heavy atom. The summed E-state index contributed by atoms with van der Waals surface area (Å²) in [5.41, 5.74) is -0.336. The van der Waals surface area contributed by atoms with Crippen LogP contribution in [0, 0.1) is 10.8 Å². The molecule has 556 valence electrons. The van der Waals surface area contributed by atoms with E-state index in [4.69, 9.17) is 47.6 Å². The van der Waals surface area contributed by atoms with Crippen LogP contribution >= 0.6 is 0 Å². The first-order chi connectivity index (χ1) is 47.2. The summed E-state index contributed by atoms with van der Waals surface area (Å²) in [5, 5.41) is 12.1. The van der Waals surface area contributed by atoms with Crippen LogP contribution in [0.1, 0.15) is 180 Å². The van der Waals surface area contributed by atoms with E-state index in [1.807, 2.05) is 0 Å². The standard InChI is InChI=1S/C35H56N4O14.C31H52N4O10/c1-48-23-17-35(18-24-49-2,16-7-22-50-25-20-37-28(41)9-6-11-34(47)53-39-31(44)14-15-32(39)45)26-51-21-4-3-19-36-27(40)8-5-10-33(46)52-38-29(42)12-13-30(38)43;1-42-21-13-31(14-22-43-2,12-5-20-44-23-16-33-26(37)11-18-35-29(40)8-9-30(35)41)24-45-19-4-3-15-32-25(36)10-17-34-27(38)6-7-28(34)39/h3-26H2,1-2H3,(H,36,40)(H,37,41);3-24H2,1-2H3,(H,32,36)(H,33,37). The first kappa shape index (κ1) is 85.3. The molecule has 0 spiro atoms. The topological polar surface area (TPSA) is 392 Å². The molecule has 0 bridgehead atoms. The molecule has 4 N–H and O–H groups in total. The average molecular weight is 1400 g/mol. The second-order valence-corrected chi connectivity index (χ2v) is 24.5. The van der Waals surface area contributed by atoms with Crippen molar-refractivity contribution in [2.24, 2.45) is 10.8 Å². The van der Waals surface area contributed by atoms with Crippen LogP contribution in [0.15, 0.2) is 0 Å². The lowest BCUT2D eigenvalue weighted by Gasteiger charge is -2.34. The van der Waals surface area contributed by atoms with E-state index < -0.39 is 35.6 Å². The van der Waals surface area contributed by atoms with Gasteiger partial charge in [0.15, 0.2) is 0 Å². The maximum absolute atomic E-state index is 12.1. The number of likely N-dealkylation sites (tertiary alicyclic amines) is 2. The van der Waals surface area contributed by atoms with E-state index in [9.17, 15) is 67.1 Å². The third-order valence-corrected chi connectivity index (χ3v) is 16.8. The number of nitrogens with zero attached hydrogens (tertiary/aromatic N) is 4. The van der Waals surface area contributed by atoms with Crippen molar-refractivity contribution in [3.8, 4) is 0 Å². The van der Waals surface area contributed by atoms with Crippen LogP contribution < -0.4 is 21.3 Å². The Morgan fingerprint density at radius 1 is 0.316 bits per heavy atom. The second-order valence-electron chi connectivity index (χ2n) is 24.5. The first-order valence-electron chi connectivity index (χ1n) is 34.3. The van der Waals surface area contributed by atoms with Crippen molar-refractivity contribution >= 4 is 82.8 Å². The molecular formula is C66H108N8O24. The third-order valence-electron chi connectivity index (χ3n) is 16.8. The van der Waals surface area contributed by atoms with Crippen LogP contribution in [0.3, 0.4) is 0 Å². The normalized spacial score (nSPS) is 15.0. The van der Waals surface area contributed by atoms with Crippen molar-refractivity contribution in [2.75, 3.05) is 147 Å². The molecule has 0 aromatic carbocycles. The van der Waals surface area contributed by atoms with E-state index in [1.165, 1.54) is 0 Å². The van der Waals surface area contributed by atoms with E-state index in [2.05, 4.69) is 21.3 Å². The van der Waals surface area contributed by atoms with Gasteiger partial charge in [0.1, 0.15) is 0 Å². The van der Waals surface area contributed by atoms with E-state index in [-0.39, 0.29) is 174 Å². The number of hydrogen-bond donors (Lipinski definition) is 4. The Hall–Kier alpha value is -6.94. The summed E-state index contributed by atoms with van der Waals surface area (Å²) in [4.78, 5) is 177. The molecule has 4 heterocycles. The average Bonchev–Trinajstić information content (AvgIpc) is 1.52. The van der Waals surface area contributed by atoms with Gasteiger partial charge in [-0.2, -0.15) is 0 Å². The van der Waals surface area contributed by atoms with Gasteiger partial charge >= 0.3 is 11.9 Å². The minimum Gasteiger partial charge on any atom is -0.385 e. The maximum atomic E-state index is 12.1. The van der Waals surface area contributed by atoms with E-state index in [0.717, 1.165) is 80.4 Å². The molecule has 32 nitrogen and oxygen atoms in total. The highest BCUT2D eigenvalue weighted by atomic mass is 16.7. The number of carbonyl (C=O) groups excluding carboxylic acids is 14. The number of methoxy groups -OCH3 is 4. The molecule has 0 atom stereocenters. The number of imide groups is 4. The summed E-state index contributed by atoms with van der Waals surface area (Å²) in [6, 6.07) is 0. The summed E-state index contributed by atoms with van der Waals surface area (Å²) in [5.74, 6) is -5.39. The Morgan fingerprint density at radius 2 is 0.612 bits per heavy atom. The number of ether oxygens (including phenoxy) is 8. The van der Waals surface area contributed by atoms with Crippen molar-refractivity contribution < 1.29 is 115 Å². The highest BCUT2D eigenvalue weighted by Crippen LogP contribution is 2.35. The fourth-order valence-electron chi connectivity index (χ4n) is 10.9. The minimum absolute atomic E-state index is 0.0195. The first-order valence-corrected chi connectivity index (χ1v) is 34.3. The van der Waals surface area contributed by atoms with Gasteiger partial charge in [-0.05, 0) is 101 Å². The number of unbranched alkanes of at least 4 members (excludes halogenated alkanes) is 2. The largest absolute Gasteiger partial charge is 0.385 e. The zero-order valence-electron chi connectivity index (χ0n) is 58.1. The predicted octanol–water partition coefficient (Wildman–Crippen LogP) is 2.38. The molecule has 32 heteroatoms. The van der Waals surface area contributed by atoms with E-state index >= 15 is 0 Å². The number of amides is 12. The van der Waals surface area contributed by atoms with Crippen LogP contribution in [0.5, 0.6) is 0 Å². The van der Waals surface area contributed by atoms with Crippen LogP contribution in [0.2, 0.25) is 0 Å². The molecule has 98 heavy (non-hydrogen) atoms. The van der Waals surface area contributed by atoms with Crippen LogP contribution in [0.4, 0.5) is 0 Å². The van der Waals surface area contributed by atoms with Crippen LogP contribution in [-0.2, 0) is 115 Å². The van der Waals surface area contributed by atoms with Crippen molar-refractivity contribution in [1.82, 2.24) is 41.2 Å². The second kappa shape index (κ2) is 50.4. The highest BCUT2D eigenvalue weighted by molar-refractivity contribution is 6.04. The van der Waals surface area contributed by atoms with Gasteiger partial charge in [0.05, 0.1) is 26.4 Å². The number of nitrogens with one attached hydrogen (secondary N) is 4. The minimum atomic E-state index is -0.740. The molecule has 4 saturated heterocycles. The van der Waals surface area contributed by atoms with E-state index in [0.29, 0.717) is 122 Å². The molecular weight excluding hydrogens is 1290 g/mol. The van der Waals surface area contributed by atoms with E-state index in [1.54, 1.807) is 28.4 Å². The molecule has 0 unspecified atom stereocenters. The molecule has 4 aliphatic heterocycles. The number of hydrogen-bond acceptors (Lipinski definition) is 24. The molecule has 0 saturated carbocycles. The maximum Gasteiger partial charge on any atom is 0.333 e. The SMILES string of the molecule is COCCC(CCCOCCNC(=O)CCCC(=O)ON1C(=O)CCC1=O)(CCOC)COCCCCNC(=O)CCCC(=O)ON1C(=O)CCC1=O.COCCC(CCCOCCNC(=O)CCN1C(=O)CCC1=O)(CCOC)COCCCCNC(=O)CCN1C(=O)CCC1=O. The van der Waals surface area contributed by atoms with Crippen molar-refractivity contribution in [3.05, 3.63) is 0 Å². The van der Waals surface area contributed by atoms with Crippen LogP contribution in [-0.4, -0.2) is 250 Å². The summed E-state index contributed by atoms with van der Waals surface area (Å²) >= 11 is 0. The smallest absolute Gasteiger partial charge is 0.333 e. The number of hydroxylamine groups is 4. The van der Waals surface area contributed by atoms with Gasteiger partial charge in [-0.3, -0.25) is 67.3 Å². The number of rotatable bonds is 56. The fourth-order valence-corrected chi connectivity index (χ4v) is 10.9. The van der Waals surface area contributed by atoms with Crippen molar-refractivity contribution in [2.45, 2.75) is 180 Å². The third kappa shape index (κ3) is 35.7. The molecule has 0 aliphatic carbocycles. The molecule has 0 aromatic rings. The van der Waals surface area contributed by atoms with Gasteiger partial charge in [-0.25, -0.2) is 9.59 Å². The van der Waals surface area contributed by atoms with Gasteiger partial charge in [0, 0.05) is 210 Å². The van der Waals surface area contributed by atoms with Crippen molar-refractivity contribution in [3.63, 3.8) is 0 Å². The van der Waals surface area contributed by atoms with Gasteiger partial charge in [-0.1, -0.05) is 0 Å². The summed E-state index contributed by atoms with van der Waals surface area (Å²) < 4.78 is 45.2.